The lowest BCUT2D eigenvalue weighted by atomic mass is 9.48. The number of hydrogen-bond donors (Lipinski definition) is 0. The quantitative estimate of drug-likeness (QED) is 0.436. The van der Waals surface area contributed by atoms with Gasteiger partial charge in [-0.3, -0.25) is 0 Å². The predicted molar refractivity (Wildman–Crippen MR) is 101 cm³/mol. The van der Waals surface area contributed by atoms with Crippen LogP contribution in [0.15, 0.2) is 48.1 Å². The van der Waals surface area contributed by atoms with Crippen molar-refractivity contribution in [3.8, 4) is 0 Å². The fourth-order valence-corrected chi connectivity index (χ4v) is 6.55. The molecule has 0 aliphatic heterocycles. The molecule has 0 heteroatoms. The van der Waals surface area contributed by atoms with E-state index >= 15 is 0 Å². The first-order valence-corrected chi connectivity index (χ1v) is 9.18. The van der Waals surface area contributed by atoms with Gasteiger partial charge in [-0.1, -0.05) is 63.8 Å². The van der Waals surface area contributed by atoms with Crippen LogP contribution in [0, 0.1) is 35.0 Å². The third-order valence-electron chi connectivity index (χ3n) is 7.69. The standard InChI is InChI=1S/C22H30.CH4/c1-13-6-7-18-17(13)8-9-20-19(18)10-15(3)21-11-14(2)16(4)12-22(20,21)5;/h11,16-20H,1-3,6-10,12H2,4-5H3;1H4. The van der Waals surface area contributed by atoms with Crippen LogP contribution in [0.2, 0.25) is 0 Å². The average Bonchev–Trinajstić information content (AvgIpc) is 2.84. The molecule has 4 aliphatic carbocycles. The van der Waals surface area contributed by atoms with Crippen molar-refractivity contribution in [1.29, 1.82) is 0 Å². The first kappa shape index (κ1) is 16.8. The maximum absolute atomic E-state index is 4.50. The Kier molecular flexibility index (Phi) is 4.02. The van der Waals surface area contributed by atoms with Crippen molar-refractivity contribution >= 4 is 0 Å². The van der Waals surface area contributed by atoms with Crippen LogP contribution < -0.4 is 0 Å². The Morgan fingerprint density at radius 2 is 1.83 bits per heavy atom. The van der Waals surface area contributed by atoms with Crippen LogP contribution in [0.25, 0.3) is 0 Å². The second-order valence-electron chi connectivity index (χ2n) is 8.78. The molecular formula is C23H34. The molecule has 3 saturated carbocycles. The van der Waals surface area contributed by atoms with Crippen LogP contribution >= 0.6 is 0 Å². The van der Waals surface area contributed by atoms with E-state index in [1.54, 1.807) is 11.1 Å². The Balaban J connectivity index is 0.00000156. The summed E-state index contributed by atoms with van der Waals surface area (Å²) in [5.41, 5.74) is 6.17. The van der Waals surface area contributed by atoms with Gasteiger partial charge < -0.3 is 0 Å². The zero-order chi connectivity index (χ0) is 15.6. The van der Waals surface area contributed by atoms with E-state index in [2.05, 4.69) is 39.7 Å². The number of allylic oxidation sites excluding steroid dienone is 5. The Hall–Kier alpha value is -1.04. The van der Waals surface area contributed by atoms with Gasteiger partial charge in [0.2, 0.25) is 0 Å². The van der Waals surface area contributed by atoms with E-state index in [-0.39, 0.29) is 7.43 Å². The van der Waals surface area contributed by atoms with Crippen LogP contribution in [0.3, 0.4) is 0 Å². The molecule has 126 valence electrons. The van der Waals surface area contributed by atoms with Gasteiger partial charge in [-0.25, -0.2) is 0 Å². The van der Waals surface area contributed by atoms with Crippen molar-refractivity contribution in [2.45, 2.75) is 59.8 Å². The Bertz CT molecular complexity index is 589. The zero-order valence-corrected chi connectivity index (χ0v) is 14.3. The lowest BCUT2D eigenvalue weighted by molar-refractivity contribution is 0.0173. The summed E-state index contributed by atoms with van der Waals surface area (Å²) in [6.07, 6.45) is 10.3. The van der Waals surface area contributed by atoms with Gasteiger partial charge in [0.15, 0.2) is 0 Å². The fraction of sp³-hybridized carbons (Fsp3) is 0.652. The summed E-state index contributed by atoms with van der Waals surface area (Å²) < 4.78 is 0. The number of rotatable bonds is 0. The van der Waals surface area contributed by atoms with E-state index in [0.717, 1.165) is 23.7 Å². The molecule has 0 bridgehead atoms. The highest BCUT2D eigenvalue weighted by atomic mass is 14.6. The first-order valence-electron chi connectivity index (χ1n) is 9.18. The molecule has 0 nitrogen and oxygen atoms in total. The summed E-state index contributed by atoms with van der Waals surface area (Å²) in [6, 6.07) is 0. The van der Waals surface area contributed by atoms with Crippen molar-refractivity contribution in [3.05, 3.63) is 48.1 Å². The van der Waals surface area contributed by atoms with E-state index in [0.29, 0.717) is 11.3 Å². The van der Waals surface area contributed by atoms with Crippen LogP contribution in [-0.2, 0) is 0 Å². The maximum Gasteiger partial charge on any atom is -0.00359 e. The number of fused-ring (bicyclic) bond motifs is 5. The summed E-state index contributed by atoms with van der Waals surface area (Å²) in [7, 11) is 0. The van der Waals surface area contributed by atoms with E-state index < -0.39 is 0 Å². The van der Waals surface area contributed by atoms with Gasteiger partial charge in [0.05, 0.1) is 0 Å². The van der Waals surface area contributed by atoms with E-state index in [1.807, 2.05) is 0 Å². The summed E-state index contributed by atoms with van der Waals surface area (Å²) in [4.78, 5) is 0. The Morgan fingerprint density at radius 3 is 2.57 bits per heavy atom. The van der Waals surface area contributed by atoms with Crippen molar-refractivity contribution in [2.24, 2.45) is 35.0 Å². The van der Waals surface area contributed by atoms with Gasteiger partial charge >= 0.3 is 0 Å². The molecule has 4 rings (SSSR count). The van der Waals surface area contributed by atoms with Gasteiger partial charge in [-0.15, -0.1) is 0 Å². The Labute approximate surface area is 143 Å². The summed E-state index contributed by atoms with van der Waals surface area (Å²) >= 11 is 0. The third-order valence-corrected chi connectivity index (χ3v) is 7.69. The molecule has 0 aromatic heterocycles. The van der Waals surface area contributed by atoms with Crippen molar-refractivity contribution < 1.29 is 0 Å². The van der Waals surface area contributed by atoms with Crippen LogP contribution in [0.4, 0.5) is 0 Å². The predicted octanol–water partition coefficient (Wildman–Crippen LogP) is 6.72. The lowest BCUT2D eigenvalue weighted by Crippen LogP contribution is -2.48. The average molecular weight is 311 g/mol. The molecule has 0 N–H and O–H groups in total. The van der Waals surface area contributed by atoms with Gasteiger partial charge in [-0.05, 0) is 79.1 Å². The molecule has 6 unspecified atom stereocenters. The topological polar surface area (TPSA) is 0 Å². The minimum Gasteiger partial charge on any atom is -0.0996 e. The van der Waals surface area contributed by atoms with Crippen LogP contribution in [0.1, 0.15) is 59.8 Å². The molecule has 0 aromatic carbocycles. The minimum atomic E-state index is 0. The largest absolute Gasteiger partial charge is 0.0996 e. The van der Waals surface area contributed by atoms with Crippen molar-refractivity contribution in [2.75, 3.05) is 0 Å². The molecule has 0 heterocycles. The molecule has 23 heavy (non-hydrogen) atoms. The molecular weight excluding hydrogens is 276 g/mol. The van der Waals surface area contributed by atoms with Crippen molar-refractivity contribution in [3.63, 3.8) is 0 Å². The summed E-state index contributed by atoms with van der Waals surface area (Å²) in [5.74, 6) is 4.04. The third kappa shape index (κ3) is 2.24. The second kappa shape index (κ2) is 5.50. The van der Waals surface area contributed by atoms with E-state index in [1.165, 1.54) is 49.7 Å². The van der Waals surface area contributed by atoms with Crippen LogP contribution in [-0.4, -0.2) is 0 Å². The summed E-state index contributed by atoms with van der Waals surface area (Å²) in [5, 5.41) is 0. The second-order valence-corrected chi connectivity index (χ2v) is 8.78. The lowest BCUT2D eigenvalue weighted by Gasteiger charge is -2.56. The van der Waals surface area contributed by atoms with Gasteiger partial charge in [0.25, 0.3) is 0 Å². The SMILES string of the molecule is C.C=C1CC2C3CCC(=C)C3CCC2C2(C)CC(C)C(=C)C=C12. The van der Waals surface area contributed by atoms with Gasteiger partial charge in [-0.2, -0.15) is 0 Å². The molecule has 0 amide bonds. The minimum absolute atomic E-state index is 0. The highest BCUT2D eigenvalue weighted by Gasteiger charge is 2.54. The molecule has 3 fully saturated rings. The van der Waals surface area contributed by atoms with Crippen molar-refractivity contribution in [1.82, 2.24) is 0 Å². The van der Waals surface area contributed by atoms with Crippen LogP contribution in [0.5, 0.6) is 0 Å². The highest BCUT2D eigenvalue weighted by molar-refractivity contribution is 5.46. The molecule has 4 aliphatic rings. The normalized spacial score (nSPS) is 45.6. The molecule has 0 saturated heterocycles. The Morgan fingerprint density at radius 1 is 1.09 bits per heavy atom. The highest BCUT2D eigenvalue weighted by Crippen LogP contribution is 2.64. The molecule has 0 aromatic rings. The van der Waals surface area contributed by atoms with Gasteiger partial charge in [0, 0.05) is 0 Å². The van der Waals surface area contributed by atoms with E-state index in [9.17, 15) is 0 Å². The smallest absolute Gasteiger partial charge is 0.00359 e. The van der Waals surface area contributed by atoms with Gasteiger partial charge in [0.1, 0.15) is 0 Å². The molecule has 0 spiro atoms. The maximum atomic E-state index is 4.50. The summed E-state index contributed by atoms with van der Waals surface area (Å²) in [6.45, 7) is 18.0. The molecule has 0 radical (unpaired) electrons. The number of hydrogen-bond acceptors (Lipinski definition) is 0. The zero-order valence-electron chi connectivity index (χ0n) is 14.3. The van der Waals surface area contributed by atoms with E-state index in [4.69, 9.17) is 0 Å². The first-order chi connectivity index (χ1) is 10.4. The fourth-order valence-electron chi connectivity index (χ4n) is 6.55. The monoisotopic (exact) mass is 310 g/mol. The molecule has 6 atom stereocenters.